The Labute approximate surface area is 363 Å². The van der Waals surface area contributed by atoms with E-state index in [0.29, 0.717) is 17.2 Å². The van der Waals surface area contributed by atoms with Crippen molar-refractivity contribution < 1.29 is 28.9 Å². The Balaban J connectivity index is 0.848. The Hall–Kier alpha value is -7.75. The maximum Gasteiger partial charge on any atom is 0.314 e. The molecule has 1 aliphatic rings. The molecule has 3 aromatic heterocycles. The number of aliphatic hydroxyl groups excluding tert-OH is 1. The van der Waals surface area contributed by atoms with E-state index < -0.39 is 36.0 Å². The third-order valence-corrected chi connectivity index (χ3v) is 11.8. The molecule has 3 heterocycles. The van der Waals surface area contributed by atoms with Crippen LogP contribution in [0.4, 0.5) is 0 Å². The lowest BCUT2D eigenvalue weighted by Crippen LogP contribution is -2.40. The summed E-state index contributed by atoms with van der Waals surface area (Å²) in [5.41, 5.74) is 7.76. The van der Waals surface area contributed by atoms with Gasteiger partial charge in [0.2, 0.25) is 0 Å². The first-order valence-electron chi connectivity index (χ1n) is 21.1. The highest BCUT2D eigenvalue weighted by Crippen LogP contribution is 2.39. The zero-order valence-electron chi connectivity index (χ0n) is 34.1. The number of nitrogens with zero attached hydrogens (tertiary/aromatic N) is 3. The zero-order valence-corrected chi connectivity index (χ0v) is 34.1. The van der Waals surface area contributed by atoms with Crippen LogP contribution in [0.25, 0.3) is 66.5 Å². The van der Waals surface area contributed by atoms with Gasteiger partial charge in [0.1, 0.15) is 17.2 Å². The fourth-order valence-corrected chi connectivity index (χ4v) is 8.39. The molecule has 0 aliphatic heterocycles. The van der Waals surface area contributed by atoms with Crippen molar-refractivity contribution in [1.29, 1.82) is 0 Å². The molecular weight excluding hydrogens is 787 g/mol. The summed E-state index contributed by atoms with van der Waals surface area (Å²) in [6.45, 7) is 0. The summed E-state index contributed by atoms with van der Waals surface area (Å²) in [6, 6.07) is 57.6. The normalized spacial score (nSPS) is 16.7. The third-order valence-electron chi connectivity index (χ3n) is 11.8. The number of ether oxygens (including phenoxy) is 3. The van der Waals surface area contributed by atoms with Gasteiger partial charge >= 0.3 is 11.9 Å². The molecule has 1 N–H and O–H groups in total. The Morgan fingerprint density at radius 1 is 0.429 bits per heavy atom. The van der Waals surface area contributed by atoms with Gasteiger partial charge in [-0.1, -0.05) is 72.8 Å². The summed E-state index contributed by atoms with van der Waals surface area (Å²) < 4.78 is 17.9. The van der Waals surface area contributed by atoms with E-state index in [4.69, 9.17) is 29.2 Å². The second-order valence-corrected chi connectivity index (χ2v) is 16.0. The Kier molecular flexibility index (Phi) is 10.8. The maximum absolute atomic E-state index is 13.9. The number of hydrogen-bond acceptors (Lipinski definition) is 9. The summed E-state index contributed by atoms with van der Waals surface area (Å²) in [5.74, 6) is -1.85. The molecule has 10 rings (SSSR count). The molecule has 63 heavy (non-hydrogen) atoms. The van der Waals surface area contributed by atoms with Crippen molar-refractivity contribution in [2.45, 2.75) is 25.6 Å². The fourth-order valence-electron chi connectivity index (χ4n) is 8.39. The van der Waals surface area contributed by atoms with Crippen LogP contribution >= 0.6 is 0 Å². The number of carbonyl (C=O) groups is 2. The summed E-state index contributed by atoms with van der Waals surface area (Å²) in [4.78, 5) is 42.2. The van der Waals surface area contributed by atoms with Gasteiger partial charge in [-0.2, -0.15) is 0 Å². The van der Waals surface area contributed by atoms with Crippen LogP contribution in [0.3, 0.4) is 0 Å². The lowest BCUT2D eigenvalue weighted by Gasteiger charge is -2.34. The van der Waals surface area contributed by atoms with Gasteiger partial charge in [0.25, 0.3) is 0 Å². The molecule has 1 fully saturated rings. The summed E-state index contributed by atoms with van der Waals surface area (Å²) in [6.07, 6.45) is -0.639. The van der Waals surface area contributed by atoms with Crippen LogP contribution in [0.2, 0.25) is 0 Å². The lowest BCUT2D eigenvalue weighted by atomic mass is 9.74. The Morgan fingerprint density at radius 3 is 1.16 bits per heavy atom. The molecule has 308 valence electrons. The lowest BCUT2D eigenvalue weighted by molar-refractivity contribution is -0.151. The van der Waals surface area contributed by atoms with E-state index in [0.717, 1.165) is 66.5 Å². The SMILES string of the molecule is O=C(Oc1ccc(-c2ccc3ccccc3n2)cc1)C1CC(C(=O)Oc2ccc(-c3ccc4ccccc4n3)cc2)CC(C(O)Oc2ccc(-c3ccc4ccccc4n3)cc2)C1. The monoisotopic (exact) mass is 827 g/mol. The fraction of sp³-hybridized carbons (Fsp3) is 0.130. The highest BCUT2D eigenvalue weighted by Gasteiger charge is 2.41. The van der Waals surface area contributed by atoms with Gasteiger partial charge in [0, 0.05) is 38.8 Å². The van der Waals surface area contributed by atoms with E-state index in [1.54, 1.807) is 36.4 Å². The van der Waals surface area contributed by atoms with Crippen molar-refractivity contribution in [3.05, 3.63) is 182 Å². The highest BCUT2D eigenvalue weighted by molar-refractivity contribution is 5.84. The average Bonchev–Trinajstić information content (AvgIpc) is 3.34. The van der Waals surface area contributed by atoms with E-state index in [1.807, 2.05) is 146 Å². The van der Waals surface area contributed by atoms with Gasteiger partial charge < -0.3 is 19.3 Å². The van der Waals surface area contributed by atoms with Gasteiger partial charge in [0.05, 0.1) is 45.5 Å². The smallest absolute Gasteiger partial charge is 0.314 e. The minimum absolute atomic E-state index is 0.187. The molecule has 0 amide bonds. The number of pyridine rings is 3. The minimum atomic E-state index is -1.32. The number of aromatic nitrogens is 3. The Bertz CT molecular complexity index is 2950. The largest absolute Gasteiger partial charge is 0.465 e. The van der Waals surface area contributed by atoms with Crippen molar-refractivity contribution in [3.8, 4) is 51.0 Å². The molecule has 9 heteroatoms. The van der Waals surface area contributed by atoms with Gasteiger partial charge in [-0.05, 0) is 128 Å². The van der Waals surface area contributed by atoms with Crippen LogP contribution in [0.15, 0.2) is 182 Å². The number of para-hydroxylation sites is 3. The second-order valence-electron chi connectivity index (χ2n) is 16.0. The molecule has 0 bridgehead atoms. The molecule has 6 aromatic carbocycles. The van der Waals surface area contributed by atoms with Crippen molar-refractivity contribution in [1.82, 2.24) is 15.0 Å². The first-order valence-corrected chi connectivity index (χ1v) is 21.1. The molecule has 9 nitrogen and oxygen atoms in total. The van der Waals surface area contributed by atoms with E-state index >= 15 is 0 Å². The van der Waals surface area contributed by atoms with Crippen LogP contribution in [0, 0.1) is 17.8 Å². The maximum atomic E-state index is 13.9. The number of rotatable bonds is 10. The minimum Gasteiger partial charge on any atom is -0.465 e. The van der Waals surface area contributed by atoms with Crippen LogP contribution in [0.5, 0.6) is 17.2 Å². The van der Waals surface area contributed by atoms with Crippen molar-refractivity contribution in [3.63, 3.8) is 0 Å². The number of esters is 2. The second kappa shape index (κ2) is 17.3. The van der Waals surface area contributed by atoms with Gasteiger partial charge in [-0.15, -0.1) is 0 Å². The van der Waals surface area contributed by atoms with Crippen LogP contribution in [0.1, 0.15) is 19.3 Å². The molecule has 9 aromatic rings. The van der Waals surface area contributed by atoms with Gasteiger partial charge in [-0.3, -0.25) is 9.59 Å². The van der Waals surface area contributed by atoms with E-state index in [1.165, 1.54) is 0 Å². The number of fused-ring (bicyclic) bond motifs is 3. The molecule has 1 aliphatic carbocycles. The number of benzene rings is 6. The summed E-state index contributed by atoms with van der Waals surface area (Å²) >= 11 is 0. The van der Waals surface area contributed by atoms with Crippen molar-refractivity contribution in [2.75, 3.05) is 0 Å². The Morgan fingerprint density at radius 2 is 0.778 bits per heavy atom. The highest BCUT2D eigenvalue weighted by atomic mass is 16.6. The molecule has 0 spiro atoms. The zero-order chi connectivity index (χ0) is 42.7. The topological polar surface area (TPSA) is 121 Å². The first-order chi connectivity index (χ1) is 30.9. The quantitative estimate of drug-likeness (QED) is 0.0816. The first kappa shape index (κ1) is 39.4. The van der Waals surface area contributed by atoms with Crippen LogP contribution in [-0.4, -0.2) is 38.3 Å². The molecule has 3 atom stereocenters. The van der Waals surface area contributed by atoms with E-state index in [9.17, 15) is 14.7 Å². The van der Waals surface area contributed by atoms with Crippen LogP contribution in [-0.2, 0) is 9.59 Å². The number of carbonyl (C=O) groups excluding carboxylic acids is 2. The molecule has 0 saturated heterocycles. The molecule has 3 unspecified atom stereocenters. The predicted octanol–water partition coefficient (Wildman–Crippen LogP) is 11.3. The van der Waals surface area contributed by atoms with Crippen LogP contribution < -0.4 is 14.2 Å². The van der Waals surface area contributed by atoms with E-state index in [2.05, 4.69) is 0 Å². The predicted molar refractivity (Wildman–Crippen MR) is 244 cm³/mol. The summed E-state index contributed by atoms with van der Waals surface area (Å²) in [7, 11) is 0. The van der Waals surface area contributed by atoms with Gasteiger partial charge in [0.15, 0.2) is 6.29 Å². The van der Waals surface area contributed by atoms with Gasteiger partial charge in [-0.25, -0.2) is 15.0 Å². The number of aliphatic hydroxyl groups is 1. The standard InChI is InChI=1S/C54H41N3O6/c58-52(61-43-22-13-37(14-23-43)49-28-19-34-7-1-4-10-46(34)55-49)40-31-41(53(59)62-44-24-15-38(16-25-44)50-29-20-35-8-2-5-11-47(35)56-50)33-42(32-40)54(60)63-45-26-17-39(18-27-45)51-30-21-36-9-3-6-12-48(36)57-51/h1-30,40-42,52,58H,31-33H2. The molecular formula is C54H41N3O6. The van der Waals surface area contributed by atoms with E-state index in [-0.39, 0.29) is 19.3 Å². The summed E-state index contributed by atoms with van der Waals surface area (Å²) in [5, 5.41) is 14.7. The third kappa shape index (κ3) is 8.73. The van der Waals surface area contributed by atoms with Crippen molar-refractivity contribution >= 4 is 44.6 Å². The molecule has 1 saturated carbocycles. The number of hydrogen-bond donors (Lipinski definition) is 1. The van der Waals surface area contributed by atoms with Crippen molar-refractivity contribution in [2.24, 2.45) is 17.8 Å². The molecule has 0 radical (unpaired) electrons. The average molecular weight is 828 g/mol.